The van der Waals surface area contributed by atoms with Gasteiger partial charge in [-0.05, 0) is 18.8 Å². The Morgan fingerprint density at radius 2 is 2.00 bits per heavy atom. The molecule has 1 fully saturated rings. The van der Waals surface area contributed by atoms with Gasteiger partial charge in [-0.2, -0.15) is 0 Å². The number of nitrogens with zero attached hydrogens (tertiary/aromatic N) is 1. The van der Waals surface area contributed by atoms with Crippen LogP contribution in [0.1, 0.15) is 19.8 Å². The van der Waals surface area contributed by atoms with E-state index in [1.54, 1.807) is 0 Å². The van der Waals surface area contributed by atoms with E-state index < -0.39 is 5.24 Å². The lowest BCUT2D eigenvalue weighted by Gasteiger charge is -2.30. The molecule has 1 saturated heterocycles. The Bertz CT molecular complexity index is 222. The standard InChI is InChI=1S/C7H14N2OS.CH3NOS/c1-6-3-2-4-9(5-6)8-7(10)11;2-1(3)4/h6H,2-5H2,1H3,(H2,8,10,11);(H3,2,3,4). The van der Waals surface area contributed by atoms with Gasteiger partial charge in [0.2, 0.25) is 0 Å². The summed E-state index contributed by atoms with van der Waals surface area (Å²) in [4.78, 5) is 19.6. The van der Waals surface area contributed by atoms with Crippen LogP contribution in [0.2, 0.25) is 0 Å². The van der Waals surface area contributed by atoms with Crippen molar-refractivity contribution in [1.29, 1.82) is 0 Å². The van der Waals surface area contributed by atoms with Crippen molar-refractivity contribution in [3.63, 3.8) is 0 Å². The Kier molecular flexibility index (Phi) is 7.63. The van der Waals surface area contributed by atoms with Gasteiger partial charge < -0.3 is 5.73 Å². The van der Waals surface area contributed by atoms with Gasteiger partial charge in [0.1, 0.15) is 0 Å². The molecule has 15 heavy (non-hydrogen) atoms. The molecule has 0 aromatic carbocycles. The van der Waals surface area contributed by atoms with Gasteiger partial charge in [-0.1, -0.05) is 32.2 Å². The normalized spacial score (nSPS) is 21.1. The first-order valence-electron chi connectivity index (χ1n) is 4.64. The molecule has 1 heterocycles. The number of nitrogens with one attached hydrogen (secondary N) is 1. The molecule has 1 unspecified atom stereocenters. The molecule has 88 valence electrons. The molecule has 1 atom stereocenters. The van der Waals surface area contributed by atoms with Gasteiger partial charge in [-0.3, -0.25) is 15.0 Å². The van der Waals surface area contributed by atoms with Crippen LogP contribution < -0.4 is 11.2 Å². The Morgan fingerprint density at radius 3 is 2.40 bits per heavy atom. The second kappa shape index (κ2) is 7.84. The van der Waals surface area contributed by atoms with Crippen LogP contribution in [0, 0.1) is 5.92 Å². The third kappa shape index (κ3) is 9.89. The van der Waals surface area contributed by atoms with Crippen molar-refractivity contribution in [1.82, 2.24) is 10.4 Å². The Labute approximate surface area is 101 Å². The number of amides is 2. The molecule has 1 rings (SSSR count). The molecule has 3 N–H and O–H groups in total. The van der Waals surface area contributed by atoms with Crippen molar-refractivity contribution >= 4 is 35.7 Å². The van der Waals surface area contributed by atoms with E-state index in [1.165, 1.54) is 6.42 Å². The second-order valence-corrected chi connectivity index (χ2v) is 4.30. The minimum Gasteiger partial charge on any atom is -0.361 e. The number of nitrogens with two attached hydrogens (primary N) is 1. The average Bonchev–Trinajstić information content (AvgIpc) is 2.00. The number of thiol groups is 2. The molecule has 5 nitrogen and oxygen atoms in total. The van der Waals surface area contributed by atoms with Crippen molar-refractivity contribution in [2.75, 3.05) is 13.1 Å². The summed E-state index contributed by atoms with van der Waals surface area (Å²) < 4.78 is 0. The van der Waals surface area contributed by atoms with Crippen molar-refractivity contribution < 1.29 is 9.59 Å². The Hall–Kier alpha value is -0.400. The molecule has 0 aromatic heterocycles. The SMILES string of the molecule is CC1CCCN(NC(=O)S)C1.NC(=O)S. The fraction of sp³-hybridized carbons (Fsp3) is 0.750. The van der Waals surface area contributed by atoms with Gasteiger partial charge in [0.25, 0.3) is 10.5 Å². The minimum atomic E-state index is -0.639. The van der Waals surface area contributed by atoms with Crippen LogP contribution in [0.3, 0.4) is 0 Å². The van der Waals surface area contributed by atoms with E-state index in [2.05, 4.69) is 43.3 Å². The predicted molar refractivity (Wildman–Crippen MR) is 66.1 cm³/mol. The maximum absolute atomic E-state index is 10.5. The zero-order chi connectivity index (χ0) is 11.8. The summed E-state index contributed by atoms with van der Waals surface area (Å²) in [5, 5.41) is 1.03. The Balaban J connectivity index is 0.000000423. The van der Waals surface area contributed by atoms with Crippen molar-refractivity contribution in [3.8, 4) is 0 Å². The van der Waals surface area contributed by atoms with E-state index in [9.17, 15) is 4.79 Å². The average molecular weight is 251 g/mol. The highest BCUT2D eigenvalue weighted by molar-refractivity contribution is 7.96. The number of rotatable bonds is 1. The summed E-state index contributed by atoms with van der Waals surface area (Å²) in [6.45, 7) is 4.10. The van der Waals surface area contributed by atoms with Crippen LogP contribution in [-0.4, -0.2) is 28.6 Å². The third-order valence-electron chi connectivity index (χ3n) is 1.91. The summed E-state index contributed by atoms with van der Waals surface area (Å²) >= 11 is 6.75. The van der Waals surface area contributed by atoms with Gasteiger partial charge >= 0.3 is 0 Å². The van der Waals surface area contributed by atoms with Crippen molar-refractivity contribution in [2.24, 2.45) is 11.7 Å². The first-order valence-corrected chi connectivity index (χ1v) is 5.54. The molecule has 0 saturated carbocycles. The van der Waals surface area contributed by atoms with Crippen LogP contribution in [0.15, 0.2) is 0 Å². The fourth-order valence-electron chi connectivity index (χ4n) is 1.43. The number of hydrogen-bond donors (Lipinski definition) is 4. The zero-order valence-corrected chi connectivity index (χ0v) is 10.4. The lowest BCUT2D eigenvalue weighted by atomic mass is 10.0. The first-order chi connectivity index (χ1) is 6.91. The molecular formula is C8H17N3O2S2. The number of hydrazine groups is 1. The second-order valence-electron chi connectivity index (χ2n) is 3.45. The Morgan fingerprint density at radius 1 is 1.47 bits per heavy atom. The van der Waals surface area contributed by atoms with E-state index in [4.69, 9.17) is 4.79 Å². The van der Waals surface area contributed by atoms with Gasteiger partial charge in [0.05, 0.1) is 0 Å². The van der Waals surface area contributed by atoms with Crippen LogP contribution in [-0.2, 0) is 0 Å². The van der Waals surface area contributed by atoms with Gasteiger partial charge in [-0.15, -0.1) is 0 Å². The molecular weight excluding hydrogens is 234 g/mol. The van der Waals surface area contributed by atoms with E-state index in [0.717, 1.165) is 19.5 Å². The van der Waals surface area contributed by atoms with E-state index in [0.29, 0.717) is 5.92 Å². The maximum atomic E-state index is 10.5. The van der Waals surface area contributed by atoms with Crippen molar-refractivity contribution in [3.05, 3.63) is 0 Å². The number of piperidine rings is 1. The summed E-state index contributed by atoms with van der Waals surface area (Å²) in [5.74, 6) is 0.684. The molecule has 1 aliphatic rings. The third-order valence-corrected chi connectivity index (χ3v) is 2.01. The van der Waals surface area contributed by atoms with E-state index in [1.807, 2.05) is 5.01 Å². The molecule has 0 aliphatic carbocycles. The van der Waals surface area contributed by atoms with Crippen molar-refractivity contribution in [2.45, 2.75) is 19.8 Å². The zero-order valence-electron chi connectivity index (χ0n) is 8.64. The fourth-order valence-corrected chi connectivity index (χ4v) is 1.57. The maximum Gasteiger partial charge on any atom is 0.290 e. The minimum absolute atomic E-state index is 0.265. The van der Waals surface area contributed by atoms with Gasteiger partial charge in [0, 0.05) is 13.1 Å². The highest BCUT2D eigenvalue weighted by Gasteiger charge is 2.16. The molecule has 2 amide bonds. The first kappa shape index (κ1) is 14.6. The lowest BCUT2D eigenvalue weighted by Crippen LogP contribution is -2.45. The smallest absolute Gasteiger partial charge is 0.290 e. The summed E-state index contributed by atoms with van der Waals surface area (Å²) in [6, 6.07) is 0. The van der Waals surface area contributed by atoms with Gasteiger partial charge in [0.15, 0.2) is 0 Å². The summed E-state index contributed by atoms with van der Waals surface area (Å²) in [6.07, 6.45) is 2.42. The highest BCUT2D eigenvalue weighted by Crippen LogP contribution is 2.13. The monoisotopic (exact) mass is 251 g/mol. The number of hydrogen-bond acceptors (Lipinski definition) is 3. The highest BCUT2D eigenvalue weighted by atomic mass is 32.1. The molecule has 7 heteroatoms. The van der Waals surface area contributed by atoms with Crippen LogP contribution in [0.25, 0.3) is 0 Å². The molecule has 0 bridgehead atoms. The van der Waals surface area contributed by atoms with Crippen LogP contribution >= 0.6 is 25.3 Å². The molecule has 1 aliphatic heterocycles. The molecule has 0 spiro atoms. The number of carbonyl (C=O) groups is 2. The number of carbonyl (C=O) groups excluding carboxylic acids is 2. The van der Waals surface area contributed by atoms with Gasteiger partial charge in [-0.25, -0.2) is 5.01 Å². The van der Waals surface area contributed by atoms with Crippen LogP contribution in [0.4, 0.5) is 9.59 Å². The lowest BCUT2D eigenvalue weighted by molar-refractivity contribution is 0.138. The quantitative estimate of drug-likeness (QED) is 0.530. The van der Waals surface area contributed by atoms with E-state index >= 15 is 0 Å². The number of primary amides is 1. The largest absolute Gasteiger partial charge is 0.361 e. The van der Waals surface area contributed by atoms with E-state index in [-0.39, 0.29) is 5.24 Å². The summed E-state index contributed by atoms with van der Waals surface area (Å²) in [5.41, 5.74) is 7.01. The van der Waals surface area contributed by atoms with Crippen LogP contribution in [0.5, 0.6) is 0 Å². The topological polar surface area (TPSA) is 75.4 Å². The molecule has 0 radical (unpaired) electrons. The predicted octanol–water partition coefficient (Wildman–Crippen LogP) is 1.27. The molecule has 0 aromatic rings. The summed E-state index contributed by atoms with van der Waals surface area (Å²) in [7, 11) is 0.